The molecule has 0 bridgehead atoms. The van der Waals surface area contributed by atoms with Crippen LogP contribution in [0.5, 0.6) is 0 Å². The van der Waals surface area contributed by atoms with E-state index < -0.39 is 0 Å². The third-order valence-electron chi connectivity index (χ3n) is 4.05. The minimum absolute atomic E-state index is 0.151. The molecule has 1 aromatic carbocycles. The van der Waals surface area contributed by atoms with Crippen molar-refractivity contribution in [2.45, 2.75) is 38.6 Å². The van der Waals surface area contributed by atoms with Gasteiger partial charge >= 0.3 is 0 Å². The molecular formula is C21H24N2O2S2. The molecular weight excluding hydrogens is 376 g/mol. The van der Waals surface area contributed by atoms with Crippen molar-refractivity contribution in [2.24, 2.45) is 0 Å². The molecule has 142 valence electrons. The Hall–Kier alpha value is -2.05. The van der Waals surface area contributed by atoms with Crippen LogP contribution in [-0.4, -0.2) is 27.1 Å². The second-order valence-electron chi connectivity index (χ2n) is 7.25. The molecule has 1 amide bonds. The maximum Gasteiger partial charge on any atom is 0.233 e. The van der Waals surface area contributed by atoms with Crippen molar-refractivity contribution in [2.75, 3.05) is 5.75 Å². The van der Waals surface area contributed by atoms with Gasteiger partial charge < -0.3 is 9.32 Å². The summed E-state index contributed by atoms with van der Waals surface area (Å²) in [6.45, 7) is 6.86. The van der Waals surface area contributed by atoms with E-state index in [-0.39, 0.29) is 11.4 Å². The van der Waals surface area contributed by atoms with Gasteiger partial charge in [-0.1, -0.05) is 30.3 Å². The molecule has 0 aliphatic rings. The number of nitrogens with zero attached hydrogens (tertiary/aromatic N) is 2. The zero-order valence-electron chi connectivity index (χ0n) is 15.8. The van der Waals surface area contributed by atoms with Gasteiger partial charge in [0.15, 0.2) is 10.8 Å². The summed E-state index contributed by atoms with van der Waals surface area (Å²) in [6, 6.07) is 13.9. The average Bonchev–Trinajstić information content (AvgIpc) is 3.31. The molecule has 4 nitrogen and oxygen atoms in total. The highest BCUT2D eigenvalue weighted by Gasteiger charge is 2.26. The highest BCUT2D eigenvalue weighted by molar-refractivity contribution is 7.99. The second kappa shape index (κ2) is 8.76. The van der Waals surface area contributed by atoms with E-state index in [0.29, 0.717) is 18.1 Å². The summed E-state index contributed by atoms with van der Waals surface area (Å²) >= 11 is 3.17. The molecule has 3 aromatic rings. The van der Waals surface area contributed by atoms with E-state index in [1.54, 1.807) is 29.4 Å². The van der Waals surface area contributed by atoms with E-state index >= 15 is 0 Å². The third kappa shape index (κ3) is 5.47. The summed E-state index contributed by atoms with van der Waals surface area (Å²) in [5.41, 5.74) is 1.91. The van der Waals surface area contributed by atoms with Crippen molar-refractivity contribution in [3.05, 3.63) is 65.4 Å². The number of thiazole rings is 1. The lowest BCUT2D eigenvalue weighted by Crippen LogP contribution is -2.45. The summed E-state index contributed by atoms with van der Waals surface area (Å²) in [5.74, 6) is 2.09. The van der Waals surface area contributed by atoms with Crippen LogP contribution in [0.25, 0.3) is 10.8 Å². The first-order chi connectivity index (χ1) is 12.9. The highest BCUT2D eigenvalue weighted by Crippen LogP contribution is 2.26. The number of furan rings is 1. The van der Waals surface area contributed by atoms with E-state index in [1.165, 1.54) is 0 Å². The van der Waals surface area contributed by atoms with Crippen molar-refractivity contribution >= 4 is 29.0 Å². The maximum absolute atomic E-state index is 12.8. The summed E-state index contributed by atoms with van der Waals surface area (Å²) in [6.07, 6.45) is 1.65. The molecule has 2 heterocycles. The summed E-state index contributed by atoms with van der Waals surface area (Å²) in [5, 5.41) is 2.91. The van der Waals surface area contributed by atoms with Crippen molar-refractivity contribution in [1.82, 2.24) is 9.88 Å². The molecule has 2 aromatic heterocycles. The number of hydrogen-bond donors (Lipinski definition) is 0. The van der Waals surface area contributed by atoms with Gasteiger partial charge in [0.25, 0.3) is 0 Å². The minimum Gasteiger partial charge on any atom is -0.462 e. The van der Waals surface area contributed by atoms with Crippen LogP contribution in [0.3, 0.4) is 0 Å². The summed E-state index contributed by atoms with van der Waals surface area (Å²) in [7, 11) is 0. The SMILES string of the molecule is CC(C)(C)N(Cc1ccccc1)C(=O)CSCc1csc(-c2ccco2)n1. The number of benzene rings is 1. The number of thioether (sulfide) groups is 1. The first-order valence-corrected chi connectivity index (χ1v) is 10.9. The molecule has 0 saturated heterocycles. The van der Waals surface area contributed by atoms with Crippen molar-refractivity contribution in [3.8, 4) is 10.8 Å². The van der Waals surface area contributed by atoms with Gasteiger partial charge in [-0.05, 0) is 38.5 Å². The van der Waals surface area contributed by atoms with Crippen molar-refractivity contribution in [1.29, 1.82) is 0 Å². The molecule has 27 heavy (non-hydrogen) atoms. The van der Waals surface area contributed by atoms with Crippen molar-refractivity contribution < 1.29 is 9.21 Å². The fourth-order valence-electron chi connectivity index (χ4n) is 2.67. The quantitative estimate of drug-likeness (QED) is 0.528. The second-order valence-corrected chi connectivity index (χ2v) is 9.09. The van der Waals surface area contributed by atoms with Crippen LogP contribution in [0.1, 0.15) is 32.0 Å². The van der Waals surface area contributed by atoms with E-state index in [9.17, 15) is 4.79 Å². The smallest absolute Gasteiger partial charge is 0.233 e. The first kappa shape index (κ1) is 19.7. The lowest BCUT2D eigenvalue weighted by molar-refractivity contribution is -0.133. The molecule has 0 saturated carbocycles. The fraction of sp³-hybridized carbons (Fsp3) is 0.333. The number of hydrogen-bond acceptors (Lipinski definition) is 5. The van der Waals surface area contributed by atoms with E-state index in [2.05, 4.69) is 37.9 Å². The van der Waals surface area contributed by atoms with E-state index in [0.717, 1.165) is 22.0 Å². The van der Waals surface area contributed by atoms with Crippen LogP contribution in [0, 0.1) is 0 Å². The molecule has 0 aliphatic carbocycles. The Bertz CT molecular complexity index is 852. The number of carbonyl (C=O) groups is 1. The molecule has 0 fully saturated rings. The van der Waals surface area contributed by atoms with E-state index in [4.69, 9.17) is 4.42 Å². The first-order valence-electron chi connectivity index (χ1n) is 8.84. The molecule has 0 unspecified atom stereocenters. The highest BCUT2D eigenvalue weighted by atomic mass is 32.2. The number of rotatable bonds is 7. The number of aromatic nitrogens is 1. The Morgan fingerprint density at radius 1 is 1.19 bits per heavy atom. The van der Waals surface area contributed by atoms with Crippen LogP contribution in [0.4, 0.5) is 0 Å². The molecule has 6 heteroatoms. The Balaban J connectivity index is 1.56. The Kier molecular flexibility index (Phi) is 6.39. The molecule has 0 radical (unpaired) electrons. The van der Waals surface area contributed by atoms with Gasteiger partial charge in [0, 0.05) is 23.2 Å². The van der Waals surface area contributed by atoms with Gasteiger partial charge in [0.1, 0.15) is 0 Å². The van der Waals surface area contributed by atoms with Crippen molar-refractivity contribution in [3.63, 3.8) is 0 Å². The Labute approximate surface area is 168 Å². The lowest BCUT2D eigenvalue weighted by atomic mass is 10.0. The summed E-state index contributed by atoms with van der Waals surface area (Å²) in [4.78, 5) is 19.4. The minimum atomic E-state index is -0.222. The molecule has 0 aliphatic heterocycles. The molecule has 0 spiro atoms. The zero-order valence-corrected chi connectivity index (χ0v) is 17.5. The molecule has 0 N–H and O–H groups in total. The Morgan fingerprint density at radius 2 is 1.96 bits per heavy atom. The Morgan fingerprint density at radius 3 is 2.63 bits per heavy atom. The molecule has 3 rings (SSSR count). The number of amides is 1. The van der Waals surface area contributed by atoms with Gasteiger partial charge in [-0.3, -0.25) is 4.79 Å². The monoisotopic (exact) mass is 400 g/mol. The largest absolute Gasteiger partial charge is 0.462 e. The summed E-state index contributed by atoms with van der Waals surface area (Å²) < 4.78 is 5.38. The van der Waals surface area contributed by atoms with Crippen LogP contribution >= 0.6 is 23.1 Å². The average molecular weight is 401 g/mol. The normalized spacial score (nSPS) is 11.5. The lowest BCUT2D eigenvalue weighted by Gasteiger charge is -2.36. The van der Waals surface area contributed by atoms with Crippen LogP contribution < -0.4 is 0 Å². The maximum atomic E-state index is 12.8. The third-order valence-corrected chi connectivity index (χ3v) is 5.91. The van der Waals surface area contributed by atoms with E-state index in [1.807, 2.05) is 40.6 Å². The van der Waals surface area contributed by atoms with Gasteiger partial charge in [-0.2, -0.15) is 0 Å². The van der Waals surface area contributed by atoms with Gasteiger partial charge in [0.2, 0.25) is 5.91 Å². The van der Waals surface area contributed by atoms with Gasteiger partial charge in [-0.15, -0.1) is 23.1 Å². The van der Waals surface area contributed by atoms with Gasteiger partial charge in [0.05, 0.1) is 17.7 Å². The fourth-order valence-corrected chi connectivity index (χ4v) is 4.35. The topological polar surface area (TPSA) is 46.3 Å². The predicted molar refractivity (Wildman–Crippen MR) is 113 cm³/mol. The standard InChI is InChI=1S/C21H24N2O2S2/c1-21(2,3)23(12-16-8-5-4-6-9-16)19(24)15-26-13-17-14-27-20(22-17)18-10-7-11-25-18/h4-11,14H,12-13,15H2,1-3H3. The van der Waals surface area contributed by atoms with Crippen LogP contribution in [0.2, 0.25) is 0 Å². The van der Waals surface area contributed by atoms with Crippen LogP contribution in [-0.2, 0) is 17.1 Å². The zero-order chi connectivity index (χ0) is 19.3. The molecule has 0 atom stereocenters. The number of carbonyl (C=O) groups excluding carboxylic acids is 1. The van der Waals surface area contributed by atoms with Gasteiger partial charge in [-0.25, -0.2) is 4.98 Å². The van der Waals surface area contributed by atoms with Crippen LogP contribution in [0.15, 0.2) is 58.5 Å². The predicted octanol–water partition coefficient (Wildman–Crippen LogP) is 5.46.